The standard InChI is InChI=1S/C15H28N4O3.2ClH/c1-22-12-13(16)15(21)19-9-7-17(8-10-19)11-14(20)18-5-3-2-4-6-18;;/h13H,2-12,16H2,1H3;2*1H. The Morgan fingerprint density at radius 1 is 0.958 bits per heavy atom. The van der Waals surface area contributed by atoms with Crippen molar-refractivity contribution in [2.75, 3.05) is 59.5 Å². The maximum Gasteiger partial charge on any atom is 0.241 e. The van der Waals surface area contributed by atoms with E-state index in [0.29, 0.717) is 19.6 Å². The first kappa shape index (κ1) is 23.4. The molecule has 7 nitrogen and oxygen atoms in total. The van der Waals surface area contributed by atoms with Gasteiger partial charge in [-0.2, -0.15) is 0 Å². The summed E-state index contributed by atoms with van der Waals surface area (Å²) in [5.74, 6) is 0.152. The third kappa shape index (κ3) is 6.72. The number of carbonyl (C=O) groups excluding carboxylic acids is 2. The fraction of sp³-hybridized carbons (Fsp3) is 0.867. The van der Waals surface area contributed by atoms with E-state index in [1.807, 2.05) is 4.90 Å². The summed E-state index contributed by atoms with van der Waals surface area (Å²) in [6.45, 7) is 5.20. The van der Waals surface area contributed by atoms with Gasteiger partial charge in [-0.05, 0) is 19.3 Å². The predicted octanol–water partition coefficient (Wildman–Crippen LogP) is -0.0396. The Kier molecular flexibility index (Phi) is 11.6. The number of piperidine rings is 1. The zero-order valence-corrected chi connectivity index (χ0v) is 15.9. The Hall–Kier alpha value is -0.600. The van der Waals surface area contributed by atoms with Gasteiger partial charge in [0, 0.05) is 46.4 Å². The number of ether oxygens (including phenoxy) is 1. The quantitative estimate of drug-likeness (QED) is 0.719. The predicted molar refractivity (Wildman–Crippen MR) is 97.8 cm³/mol. The van der Waals surface area contributed by atoms with E-state index in [9.17, 15) is 9.59 Å². The minimum absolute atomic E-state index is 0. The van der Waals surface area contributed by atoms with E-state index in [1.165, 1.54) is 13.5 Å². The van der Waals surface area contributed by atoms with Crippen molar-refractivity contribution in [3.63, 3.8) is 0 Å². The highest BCUT2D eigenvalue weighted by Crippen LogP contribution is 2.10. The number of nitrogens with two attached hydrogens (primary N) is 1. The minimum atomic E-state index is -0.591. The van der Waals surface area contributed by atoms with Gasteiger partial charge < -0.3 is 20.3 Å². The molecule has 0 saturated carbocycles. The molecule has 2 heterocycles. The van der Waals surface area contributed by atoms with Crippen molar-refractivity contribution in [3.05, 3.63) is 0 Å². The van der Waals surface area contributed by atoms with Crippen LogP contribution in [-0.2, 0) is 14.3 Å². The Morgan fingerprint density at radius 2 is 1.54 bits per heavy atom. The summed E-state index contributed by atoms with van der Waals surface area (Å²) in [4.78, 5) is 30.2. The van der Waals surface area contributed by atoms with Crippen molar-refractivity contribution in [2.24, 2.45) is 5.73 Å². The molecule has 1 unspecified atom stereocenters. The van der Waals surface area contributed by atoms with E-state index >= 15 is 0 Å². The van der Waals surface area contributed by atoms with Crippen molar-refractivity contribution in [1.29, 1.82) is 0 Å². The molecule has 2 rings (SSSR count). The number of carbonyl (C=O) groups is 2. The van der Waals surface area contributed by atoms with Crippen LogP contribution in [0.4, 0.5) is 0 Å². The van der Waals surface area contributed by atoms with Crippen molar-refractivity contribution < 1.29 is 14.3 Å². The van der Waals surface area contributed by atoms with E-state index in [4.69, 9.17) is 10.5 Å². The van der Waals surface area contributed by atoms with Gasteiger partial charge in [0.2, 0.25) is 11.8 Å². The van der Waals surface area contributed by atoms with Crippen LogP contribution in [0, 0.1) is 0 Å². The second kappa shape index (κ2) is 11.9. The van der Waals surface area contributed by atoms with Crippen LogP contribution in [0.1, 0.15) is 19.3 Å². The highest BCUT2D eigenvalue weighted by atomic mass is 35.5. The van der Waals surface area contributed by atoms with E-state index in [2.05, 4.69) is 4.90 Å². The maximum absolute atomic E-state index is 12.2. The molecule has 142 valence electrons. The van der Waals surface area contributed by atoms with Gasteiger partial charge in [0.15, 0.2) is 0 Å². The molecule has 0 aromatic rings. The number of rotatable bonds is 5. The molecule has 0 spiro atoms. The van der Waals surface area contributed by atoms with Crippen LogP contribution in [0.2, 0.25) is 0 Å². The molecule has 0 bridgehead atoms. The van der Waals surface area contributed by atoms with Gasteiger partial charge in [0.25, 0.3) is 0 Å². The smallest absolute Gasteiger partial charge is 0.241 e. The molecule has 2 saturated heterocycles. The molecular formula is C15H30Cl2N4O3. The van der Waals surface area contributed by atoms with Gasteiger partial charge in [0.05, 0.1) is 13.2 Å². The molecule has 0 aromatic heterocycles. The Morgan fingerprint density at radius 3 is 2.08 bits per heavy atom. The van der Waals surface area contributed by atoms with Gasteiger partial charge in [-0.3, -0.25) is 14.5 Å². The van der Waals surface area contributed by atoms with E-state index in [1.54, 1.807) is 4.90 Å². The fourth-order valence-electron chi connectivity index (χ4n) is 3.05. The zero-order valence-electron chi connectivity index (χ0n) is 14.3. The third-order valence-electron chi connectivity index (χ3n) is 4.42. The monoisotopic (exact) mass is 384 g/mol. The molecule has 24 heavy (non-hydrogen) atoms. The summed E-state index contributed by atoms with van der Waals surface area (Å²) in [7, 11) is 1.54. The summed E-state index contributed by atoms with van der Waals surface area (Å²) < 4.78 is 4.92. The molecule has 2 fully saturated rings. The molecule has 2 N–H and O–H groups in total. The van der Waals surface area contributed by atoms with Crippen molar-refractivity contribution >= 4 is 36.6 Å². The lowest BCUT2D eigenvalue weighted by molar-refractivity contribution is -0.137. The summed E-state index contributed by atoms with van der Waals surface area (Å²) >= 11 is 0. The second-order valence-electron chi connectivity index (χ2n) is 6.10. The van der Waals surface area contributed by atoms with Crippen LogP contribution < -0.4 is 5.73 Å². The molecule has 2 aliphatic rings. The number of methoxy groups -OCH3 is 1. The van der Waals surface area contributed by atoms with Gasteiger partial charge >= 0.3 is 0 Å². The minimum Gasteiger partial charge on any atom is -0.383 e. The second-order valence-corrected chi connectivity index (χ2v) is 6.10. The topological polar surface area (TPSA) is 79.1 Å². The number of hydrogen-bond acceptors (Lipinski definition) is 5. The summed E-state index contributed by atoms with van der Waals surface area (Å²) in [5.41, 5.74) is 5.78. The molecule has 0 aromatic carbocycles. The zero-order chi connectivity index (χ0) is 15.9. The average Bonchev–Trinajstić information content (AvgIpc) is 2.56. The van der Waals surface area contributed by atoms with Crippen molar-refractivity contribution in [3.8, 4) is 0 Å². The number of piperazine rings is 1. The average molecular weight is 385 g/mol. The summed E-state index contributed by atoms with van der Waals surface area (Å²) in [6, 6.07) is -0.591. The first-order valence-corrected chi connectivity index (χ1v) is 8.15. The van der Waals surface area contributed by atoms with Crippen LogP contribution >= 0.6 is 24.8 Å². The lowest BCUT2D eigenvalue weighted by atomic mass is 10.1. The largest absolute Gasteiger partial charge is 0.383 e. The number of halogens is 2. The van der Waals surface area contributed by atoms with E-state index in [0.717, 1.165) is 39.0 Å². The Balaban J connectivity index is 0.00000264. The molecule has 1 atom stereocenters. The number of nitrogens with zero attached hydrogens (tertiary/aromatic N) is 3. The first-order chi connectivity index (χ1) is 10.6. The Bertz CT molecular complexity index is 387. The lowest BCUT2D eigenvalue weighted by Gasteiger charge is -2.36. The van der Waals surface area contributed by atoms with Crippen LogP contribution in [0.5, 0.6) is 0 Å². The highest BCUT2D eigenvalue weighted by Gasteiger charge is 2.27. The number of hydrogen-bond donors (Lipinski definition) is 1. The molecule has 0 aliphatic carbocycles. The van der Waals surface area contributed by atoms with Crippen LogP contribution in [0.25, 0.3) is 0 Å². The fourth-order valence-corrected chi connectivity index (χ4v) is 3.05. The van der Waals surface area contributed by atoms with Crippen LogP contribution in [0.3, 0.4) is 0 Å². The van der Waals surface area contributed by atoms with E-state index < -0.39 is 6.04 Å². The normalized spacial score (nSPS) is 19.9. The van der Waals surface area contributed by atoms with Crippen LogP contribution in [0.15, 0.2) is 0 Å². The summed E-state index contributed by atoms with van der Waals surface area (Å²) in [6.07, 6.45) is 3.46. The first-order valence-electron chi connectivity index (χ1n) is 8.15. The number of amides is 2. The molecular weight excluding hydrogens is 355 g/mol. The maximum atomic E-state index is 12.2. The molecule has 9 heteroatoms. The van der Waals surface area contributed by atoms with Gasteiger partial charge in [0.1, 0.15) is 6.04 Å². The third-order valence-corrected chi connectivity index (χ3v) is 4.42. The van der Waals surface area contributed by atoms with Crippen molar-refractivity contribution in [1.82, 2.24) is 14.7 Å². The van der Waals surface area contributed by atoms with Gasteiger partial charge in [-0.1, -0.05) is 0 Å². The molecule has 0 radical (unpaired) electrons. The molecule has 2 amide bonds. The lowest BCUT2D eigenvalue weighted by Crippen LogP contribution is -2.55. The Labute approximate surface area is 156 Å². The molecule has 2 aliphatic heterocycles. The van der Waals surface area contributed by atoms with Gasteiger partial charge in [-0.15, -0.1) is 24.8 Å². The SMILES string of the molecule is COCC(N)C(=O)N1CCN(CC(=O)N2CCCCC2)CC1.Cl.Cl. The van der Waals surface area contributed by atoms with Gasteiger partial charge in [-0.25, -0.2) is 0 Å². The van der Waals surface area contributed by atoms with Crippen molar-refractivity contribution in [2.45, 2.75) is 25.3 Å². The van der Waals surface area contributed by atoms with E-state index in [-0.39, 0.29) is 43.2 Å². The number of likely N-dealkylation sites (tertiary alicyclic amines) is 1. The highest BCUT2D eigenvalue weighted by molar-refractivity contribution is 5.85. The summed E-state index contributed by atoms with van der Waals surface area (Å²) in [5, 5.41) is 0. The van der Waals surface area contributed by atoms with Crippen LogP contribution in [-0.4, -0.2) is 92.1 Å².